The van der Waals surface area contributed by atoms with E-state index in [0.717, 1.165) is 55.4 Å². The van der Waals surface area contributed by atoms with Gasteiger partial charge in [0.2, 0.25) is 5.79 Å². The maximum Gasteiger partial charge on any atom is 1.00 e. The van der Waals surface area contributed by atoms with Gasteiger partial charge in [-0.25, -0.2) is 23.7 Å². The summed E-state index contributed by atoms with van der Waals surface area (Å²) in [5.41, 5.74) is 3.64. The molecule has 2 aliphatic rings. The SMILES string of the molecule is CCC(C)n1ncn(-c2ccc(N3CCN(c4ccc(OC[C@H]5CO[C@](Cn6cncn6)(c6ccc(Cl)cc6Cl)O5)cc4)CC3)cc2)c1=O.[H-].[Na+]. The van der Waals surface area contributed by atoms with Gasteiger partial charge in [0, 0.05) is 48.1 Å². The number of benzene rings is 3. The fourth-order valence-electron chi connectivity index (χ4n) is 6.24. The molecule has 15 heteroatoms. The first kappa shape index (κ1) is 36.4. The zero-order valence-corrected chi connectivity index (χ0v) is 31.9. The summed E-state index contributed by atoms with van der Waals surface area (Å²) in [6.07, 6.45) is 5.19. The van der Waals surface area contributed by atoms with Gasteiger partial charge in [-0.15, -0.1) is 0 Å². The molecule has 258 valence electrons. The maximum absolute atomic E-state index is 12.8. The second-order valence-electron chi connectivity index (χ2n) is 12.3. The van der Waals surface area contributed by atoms with Gasteiger partial charge >= 0.3 is 35.2 Å². The molecule has 50 heavy (non-hydrogen) atoms. The Morgan fingerprint density at radius 1 is 0.940 bits per heavy atom. The summed E-state index contributed by atoms with van der Waals surface area (Å²) in [5, 5.41) is 9.50. The minimum atomic E-state index is -1.16. The third kappa shape index (κ3) is 7.76. The summed E-state index contributed by atoms with van der Waals surface area (Å²) >= 11 is 12.7. The van der Waals surface area contributed by atoms with E-state index >= 15 is 0 Å². The van der Waals surface area contributed by atoms with E-state index in [2.05, 4.69) is 49.2 Å². The van der Waals surface area contributed by atoms with Crippen molar-refractivity contribution >= 4 is 34.6 Å². The molecule has 4 heterocycles. The number of hydrogen-bond donors (Lipinski definition) is 0. The monoisotopic (exact) mass is 728 g/mol. The van der Waals surface area contributed by atoms with Gasteiger partial charge < -0.3 is 25.4 Å². The third-order valence-corrected chi connectivity index (χ3v) is 9.70. The number of aromatic nitrogens is 6. The van der Waals surface area contributed by atoms with Gasteiger partial charge in [0.15, 0.2) is 0 Å². The van der Waals surface area contributed by atoms with Gasteiger partial charge in [-0.2, -0.15) is 10.2 Å². The van der Waals surface area contributed by atoms with Crippen LogP contribution in [0, 0.1) is 0 Å². The summed E-state index contributed by atoms with van der Waals surface area (Å²) in [7, 11) is 0. The Hall–Kier alpha value is -3.36. The Kier molecular flexibility index (Phi) is 11.6. The number of rotatable bonds is 11. The normalized spacial score (nSPS) is 19.7. The van der Waals surface area contributed by atoms with Crippen molar-refractivity contribution in [2.75, 3.05) is 49.2 Å². The minimum absolute atomic E-state index is 0. The second-order valence-corrected chi connectivity index (χ2v) is 13.1. The molecule has 2 fully saturated rings. The summed E-state index contributed by atoms with van der Waals surface area (Å²) in [4.78, 5) is 21.6. The number of ether oxygens (including phenoxy) is 3. The van der Waals surface area contributed by atoms with Crippen molar-refractivity contribution in [3.05, 3.63) is 112 Å². The van der Waals surface area contributed by atoms with Gasteiger partial charge in [-0.05, 0) is 74.0 Å². The van der Waals surface area contributed by atoms with Crippen LogP contribution in [0.2, 0.25) is 10.0 Å². The van der Waals surface area contributed by atoms with Crippen molar-refractivity contribution in [3.63, 3.8) is 0 Å². The molecule has 5 aromatic rings. The first-order valence-electron chi connectivity index (χ1n) is 16.4. The number of halogens is 2. The van der Waals surface area contributed by atoms with E-state index in [0.29, 0.717) is 28.8 Å². The molecule has 3 atom stereocenters. The van der Waals surface area contributed by atoms with Crippen LogP contribution in [0.25, 0.3) is 5.69 Å². The average molecular weight is 730 g/mol. The van der Waals surface area contributed by atoms with Crippen molar-refractivity contribution in [3.8, 4) is 11.4 Å². The van der Waals surface area contributed by atoms with E-state index in [1.54, 1.807) is 34.0 Å². The van der Waals surface area contributed by atoms with E-state index in [-0.39, 0.29) is 55.4 Å². The van der Waals surface area contributed by atoms with Crippen LogP contribution in [0.1, 0.15) is 33.3 Å². The molecular weight excluding hydrogens is 690 g/mol. The Labute approximate surface area is 324 Å². The van der Waals surface area contributed by atoms with Crippen LogP contribution in [0.4, 0.5) is 11.4 Å². The maximum atomic E-state index is 12.8. The van der Waals surface area contributed by atoms with Gasteiger partial charge in [-0.3, -0.25) is 0 Å². The molecule has 0 radical (unpaired) electrons. The van der Waals surface area contributed by atoms with E-state index < -0.39 is 5.79 Å². The Morgan fingerprint density at radius 2 is 1.60 bits per heavy atom. The van der Waals surface area contributed by atoms with Crippen molar-refractivity contribution < 1.29 is 45.2 Å². The molecule has 7 rings (SSSR count). The van der Waals surface area contributed by atoms with Gasteiger partial charge in [-0.1, -0.05) is 36.2 Å². The molecule has 0 aliphatic carbocycles. The van der Waals surface area contributed by atoms with E-state index in [9.17, 15) is 4.79 Å². The summed E-state index contributed by atoms with van der Waals surface area (Å²) < 4.78 is 23.7. The zero-order chi connectivity index (χ0) is 34.0. The molecule has 2 aliphatic heterocycles. The second kappa shape index (κ2) is 15.9. The Bertz CT molecular complexity index is 1920. The van der Waals surface area contributed by atoms with Crippen LogP contribution in [0.5, 0.6) is 5.75 Å². The quantitative estimate of drug-likeness (QED) is 0.190. The third-order valence-electron chi connectivity index (χ3n) is 9.15. The predicted molar refractivity (Wildman–Crippen MR) is 189 cm³/mol. The topological polar surface area (TPSA) is 105 Å². The first-order chi connectivity index (χ1) is 23.8. The molecule has 2 aromatic heterocycles. The molecule has 2 saturated heterocycles. The Morgan fingerprint density at radius 3 is 2.22 bits per heavy atom. The van der Waals surface area contributed by atoms with Crippen molar-refractivity contribution in [2.45, 2.75) is 44.7 Å². The van der Waals surface area contributed by atoms with Crippen molar-refractivity contribution in [1.82, 2.24) is 29.1 Å². The largest absolute Gasteiger partial charge is 1.00 e. The summed E-state index contributed by atoms with van der Waals surface area (Å²) in [6.45, 7) is 8.48. The first-order valence-corrected chi connectivity index (χ1v) is 17.2. The molecule has 1 unspecified atom stereocenters. The fourth-order valence-corrected chi connectivity index (χ4v) is 6.79. The van der Waals surface area contributed by atoms with Crippen LogP contribution < -0.4 is 49.8 Å². The standard InChI is InChI=1S/C35H38Cl2N8O4.Na.H/c1-3-25(2)45-34(46)44(24-40-45)29-7-5-27(6-8-29)41-14-16-42(17-15-41)28-9-11-30(12-10-28)47-19-31-20-48-35(49-31,21-43-23-38-22-39-43)32-13-4-26(36)18-33(32)37;;/h4-13,18,22-25,31H,3,14-17,19-21H2,1-2H3;;/q;+1;-1/t25?,31-,35-;;/m0../s1. The van der Waals surface area contributed by atoms with Crippen LogP contribution >= 0.6 is 23.2 Å². The summed E-state index contributed by atoms with van der Waals surface area (Å²) in [6, 6.07) is 21.6. The number of piperazine rings is 1. The smallest absolute Gasteiger partial charge is 1.00 e. The fraction of sp³-hybridized carbons (Fsp3) is 0.371. The molecule has 3 aromatic carbocycles. The molecule has 0 spiro atoms. The van der Waals surface area contributed by atoms with E-state index in [1.807, 2.05) is 44.2 Å². The van der Waals surface area contributed by atoms with Crippen LogP contribution in [-0.2, 0) is 21.8 Å². The Balaban J connectivity index is 0.00000252. The zero-order valence-electron chi connectivity index (χ0n) is 29.4. The molecule has 0 saturated carbocycles. The average Bonchev–Trinajstić information content (AvgIpc) is 3.88. The van der Waals surface area contributed by atoms with Gasteiger partial charge in [0.25, 0.3) is 0 Å². The predicted octanol–water partition coefficient (Wildman–Crippen LogP) is 2.69. The van der Waals surface area contributed by atoms with Crippen molar-refractivity contribution in [2.24, 2.45) is 0 Å². The van der Waals surface area contributed by atoms with E-state index in [1.165, 1.54) is 11.0 Å². The molecule has 0 N–H and O–H groups in total. The number of hydrogen-bond acceptors (Lipinski definition) is 9. The van der Waals surface area contributed by atoms with Crippen LogP contribution in [0.3, 0.4) is 0 Å². The van der Waals surface area contributed by atoms with Crippen LogP contribution in [0.15, 0.2) is 90.5 Å². The molecule has 0 bridgehead atoms. The minimum Gasteiger partial charge on any atom is -1.00 e. The summed E-state index contributed by atoms with van der Waals surface area (Å²) in [5.74, 6) is -0.410. The molecule has 0 amide bonds. The molecular formula is C35H39Cl2N8NaO4. The van der Waals surface area contributed by atoms with Crippen molar-refractivity contribution in [1.29, 1.82) is 0 Å². The number of nitrogens with zero attached hydrogens (tertiary/aromatic N) is 8. The van der Waals surface area contributed by atoms with Gasteiger partial charge in [0.1, 0.15) is 44.0 Å². The van der Waals surface area contributed by atoms with E-state index in [4.69, 9.17) is 37.4 Å². The van der Waals surface area contributed by atoms with Gasteiger partial charge in [0.05, 0.1) is 23.4 Å². The van der Waals surface area contributed by atoms with Crippen LogP contribution in [-0.4, -0.2) is 74.6 Å². The number of anilines is 2. The molecule has 12 nitrogen and oxygen atoms in total.